The predicted octanol–water partition coefficient (Wildman–Crippen LogP) is 0.699. The van der Waals surface area contributed by atoms with Crippen molar-refractivity contribution in [3.8, 4) is 0 Å². The Morgan fingerprint density at radius 1 is 1.24 bits per heavy atom. The van der Waals surface area contributed by atoms with Crippen molar-refractivity contribution in [3.63, 3.8) is 0 Å². The fraction of sp³-hybridized carbons (Fsp3) is 0.455. The molecule has 0 radical (unpaired) electrons. The van der Waals surface area contributed by atoms with Crippen molar-refractivity contribution in [3.05, 3.63) is 29.8 Å². The molecule has 0 bridgehead atoms. The maximum atomic E-state index is 11.0. The summed E-state index contributed by atoms with van der Waals surface area (Å²) in [4.78, 5) is 0. The van der Waals surface area contributed by atoms with Crippen LogP contribution in [0.1, 0.15) is 18.6 Å². The van der Waals surface area contributed by atoms with Crippen LogP contribution in [-0.2, 0) is 10.0 Å². The van der Waals surface area contributed by atoms with Gasteiger partial charge in [-0.3, -0.25) is 4.72 Å². The zero-order valence-corrected chi connectivity index (χ0v) is 11.0. The average Bonchev–Trinajstić information content (AvgIpc) is 2.26. The molecule has 2 atom stereocenters. The molecule has 0 aliphatic rings. The van der Waals surface area contributed by atoms with E-state index >= 15 is 0 Å². The first-order chi connectivity index (χ1) is 7.83. The van der Waals surface area contributed by atoms with Gasteiger partial charge in [0.25, 0.3) is 0 Å². The molecule has 6 heteroatoms. The van der Waals surface area contributed by atoms with Crippen LogP contribution < -0.4 is 10.0 Å². The number of hydrogen-bond acceptors (Lipinski definition) is 4. The Kier molecular flexibility index (Phi) is 4.50. The molecule has 0 heterocycles. The van der Waals surface area contributed by atoms with E-state index < -0.39 is 16.1 Å². The van der Waals surface area contributed by atoms with Crippen molar-refractivity contribution in [2.75, 3.05) is 18.0 Å². The standard InChI is InChI=1S/C11H18N2O3S/c1-8(12-2)11(14)9-4-6-10(7-5-9)13-17(3,15)16/h4-8,11-14H,1-3H3/t8-,11-/m0/s1. The van der Waals surface area contributed by atoms with E-state index in [-0.39, 0.29) is 6.04 Å². The van der Waals surface area contributed by atoms with E-state index in [2.05, 4.69) is 10.0 Å². The summed E-state index contributed by atoms with van der Waals surface area (Å²) in [5.41, 5.74) is 1.23. The van der Waals surface area contributed by atoms with Gasteiger partial charge in [-0.25, -0.2) is 8.42 Å². The summed E-state index contributed by atoms with van der Waals surface area (Å²) in [6.45, 7) is 1.87. The van der Waals surface area contributed by atoms with E-state index in [1.807, 2.05) is 6.92 Å². The number of aliphatic hydroxyl groups excluding tert-OH is 1. The van der Waals surface area contributed by atoms with Gasteiger partial charge in [-0.15, -0.1) is 0 Å². The van der Waals surface area contributed by atoms with Crippen molar-refractivity contribution >= 4 is 15.7 Å². The van der Waals surface area contributed by atoms with E-state index in [1.54, 1.807) is 31.3 Å². The van der Waals surface area contributed by atoms with Crippen molar-refractivity contribution in [1.29, 1.82) is 0 Å². The Bertz CT molecular complexity index is 456. The summed E-state index contributed by atoms with van der Waals surface area (Å²) in [5, 5.41) is 12.9. The minimum Gasteiger partial charge on any atom is -0.387 e. The molecule has 0 saturated carbocycles. The van der Waals surface area contributed by atoms with Crippen LogP contribution in [0.5, 0.6) is 0 Å². The molecular weight excluding hydrogens is 240 g/mol. The molecule has 1 rings (SSSR count). The summed E-state index contributed by atoms with van der Waals surface area (Å²) in [6.07, 6.45) is 0.478. The van der Waals surface area contributed by atoms with Crippen LogP contribution in [0, 0.1) is 0 Å². The summed E-state index contributed by atoms with van der Waals surface area (Å²) in [7, 11) is -1.48. The molecule has 5 nitrogen and oxygen atoms in total. The van der Waals surface area contributed by atoms with Gasteiger partial charge in [0.1, 0.15) is 0 Å². The van der Waals surface area contributed by atoms with Crippen molar-refractivity contribution in [2.45, 2.75) is 19.1 Å². The highest BCUT2D eigenvalue weighted by molar-refractivity contribution is 7.92. The summed E-state index contributed by atoms with van der Waals surface area (Å²) >= 11 is 0. The first-order valence-electron chi connectivity index (χ1n) is 5.26. The van der Waals surface area contributed by atoms with Crippen LogP contribution in [0.2, 0.25) is 0 Å². The molecule has 1 aromatic rings. The van der Waals surface area contributed by atoms with Crippen LogP contribution in [0.4, 0.5) is 5.69 Å². The molecule has 0 saturated heterocycles. The van der Waals surface area contributed by atoms with Gasteiger partial charge in [0, 0.05) is 11.7 Å². The van der Waals surface area contributed by atoms with Gasteiger partial charge in [0.15, 0.2) is 0 Å². The number of rotatable bonds is 5. The van der Waals surface area contributed by atoms with Gasteiger partial charge in [0.05, 0.1) is 12.4 Å². The SMILES string of the molecule is CN[C@@H](C)[C@H](O)c1ccc(NS(C)(=O)=O)cc1. The van der Waals surface area contributed by atoms with Gasteiger partial charge in [0.2, 0.25) is 10.0 Å². The molecule has 96 valence electrons. The number of sulfonamides is 1. The number of likely N-dealkylation sites (N-methyl/N-ethyl adjacent to an activating group) is 1. The fourth-order valence-electron chi connectivity index (χ4n) is 1.41. The Balaban J connectivity index is 2.81. The molecule has 0 aliphatic carbocycles. The molecule has 1 aromatic carbocycles. The van der Waals surface area contributed by atoms with Crippen molar-refractivity contribution < 1.29 is 13.5 Å². The lowest BCUT2D eigenvalue weighted by atomic mass is 10.0. The molecule has 3 N–H and O–H groups in total. The lowest BCUT2D eigenvalue weighted by Crippen LogP contribution is -2.28. The molecule has 17 heavy (non-hydrogen) atoms. The zero-order chi connectivity index (χ0) is 13.1. The Morgan fingerprint density at radius 3 is 2.18 bits per heavy atom. The summed E-state index contributed by atoms with van der Waals surface area (Å²) in [5.74, 6) is 0. The molecule has 0 unspecified atom stereocenters. The fourth-order valence-corrected chi connectivity index (χ4v) is 1.97. The predicted molar refractivity (Wildman–Crippen MR) is 68.4 cm³/mol. The number of benzene rings is 1. The Labute approximate surface area is 102 Å². The molecule has 0 aromatic heterocycles. The summed E-state index contributed by atoms with van der Waals surface area (Å²) in [6, 6.07) is 6.59. The number of nitrogens with one attached hydrogen (secondary N) is 2. The molecule has 0 fully saturated rings. The monoisotopic (exact) mass is 258 g/mol. The van der Waals surface area contributed by atoms with Crippen LogP contribution in [0.3, 0.4) is 0 Å². The summed E-state index contributed by atoms with van der Waals surface area (Å²) < 4.78 is 24.4. The third-order valence-corrected chi connectivity index (χ3v) is 3.09. The number of anilines is 1. The van der Waals surface area contributed by atoms with Crippen molar-refractivity contribution in [2.24, 2.45) is 0 Å². The van der Waals surface area contributed by atoms with E-state index in [4.69, 9.17) is 0 Å². The van der Waals surface area contributed by atoms with Crippen LogP contribution in [-0.4, -0.2) is 32.9 Å². The highest BCUT2D eigenvalue weighted by Crippen LogP contribution is 2.19. The van der Waals surface area contributed by atoms with Gasteiger partial charge < -0.3 is 10.4 Å². The smallest absolute Gasteiger partial charge is 0.229 e. The van der Waals surface area contributed by atoms with E-state index in [9.17, 15) is 13.5 Å². The van der Waals surface area contributed by atoms with Gasteiger partial charge >= 0.3 is 0 Å². The topological polar surface area (TPSA) is 78.4 Å². The number of aliphatic hydroxyl groups is 1. The van der Waals surface area contributed by atoms with Gasteiger partial charge in [-0.2, -0.15) is 0 Å². The molecule has 0 spiro atoms. The molecule has 0 amide bonds. The van der Waals surface area contributed by atoms with Gasteiger partial charge in [-0.1, -0.05) is 12.1 Å². The van der Waals surface area contributed by atoms with E-state index in [0.717, 1.165) is 11.8 Å². The maximum absolute atomic E-state index is 11.0. The largest absolute Gasteiger partial charge is 0.387 e. The zero-order valence-electron chi connectivity index (χ0n) is 10.1. The Hall–Kier alpha value is -1.11. The van der Waals surface area contributed by atoms with Crippen LogP contribution in [0.15, 0.2) is 24.3 Å². The molecule has 0 aliphatic heterocycles. The molecular formula is C11H18N2O3S. The first kappa shape index (κ1) is 14.0. The first-order valence-corrected chi connectivity index (χ1v) is 7.15. The highest BCUT2D eigenvalue weighted by atomic mass is 32.2. The maximum Gasteiger partial charge on any atom is 0.229 e. The highest BCUT2D eigenvalue weighted by Gasteiger charge is 2.14. The normalized spacial score (nSPS) is 15.3. The third kappa shape index (κ3) is 4.33. The van der Waals surface area contributed by atoms with Crippen LogP contribution >= 0.6 is 0 Å². The second-order valence-electron chi connectivity index (χ2n) is 4.02. The van der Waals surface area contributed by atoms with E-state index in [1.165, 1.54) is 0 Å². The lowest BCUT2D eigenvalue weighted by molar-refractivity contribution is 0.140. The quantitative estimate of drug-likeness (QED) is 0.726. The third-order valence-electron chi connectivity index (χ3n) is 2.48. The second kappa shape index (κ2) is 5.48. The second-order valence-corrected chi connectivity index (χ2v) is 5.77. The minimum atomic E-state index is -3.26. The van der Waals surface area contributed by atoms with Gasteiger partial charge in [-0.05, 0) is 31.7 Å². The van der Waals surface area contributed by atoms with E-state index in [0.29, 0.717) is 5.69 Å². The Morgan fingerprint density at radius 2 is 1.76 bits per heavy atom. The minimum absolute atomic E-state index is 0.0660. The van der Waals surface area contributed by atoms with Crippen LogP contribution in [0.25, 0.3) is 0 Å². The average molecular weight is 258 g/mol. The van der Waals surface area contributed by atoms with Crippen molar-refractivity contribution in [1.82, 2.24) is 5.32 Å². The lowest BCUT2D eigenvalue weighted by Gasteiger charge is -2.18. The number of hydrogen-bond donors (Lipinski definition) is 3.